The van der Waals surface area contributed by atoms with Gasteiger partial charge in [-0.05, 0) is 39.0 Å². The van der Waals surface area contributed by atoms with Gasteiger partial charge in [-0.1, -0.05) is 6.92 Å². The van der Waals surface area contributed by atoms with Crippen LogP contribution in [-0.2, 0) is 9.47 Å². The van der Waals surface area contributed by atoms with E-state index in [0.717, 1.165) is 45.5 Å². The van der Waals surface area contributed by atoms with Gasteiger partial charge in [-0.2, -0.15) is 0 Å². The fourth-order valence-corrected chi connectivity index (χ4v) is 4.13. The molecule has 0 aromatic heterocycles. The molecule has 0 radical (unpaired) electrons. The summed E-state index contributed by atoms with van der Waals surface area (Å²) in [6.07, 6.45) is 6.53. The van der Waals surface area contributed by atoms with Gasteiger partial charge in [-0.15, -0.1) is 0 Å². The summed E-state index contributed by atoms with van der Waals surface area (Å²) in [7, 11) is 0. The molecule has 3 aliphatic rings. The molecule has 19 heavy (non-hydrogen) atoms. The Hall–Kier alpha value is -0.160. The van der Waals surface area contributed by atoms with E-state index in [1.54, 1.807) is 0 Å². The summed E-state index contributed by atoms with van der Waals surface area (Å²) in [5.74, 6) is 0. The maximum atomic E-state index is 6.22. The second kappa shape index (κ2) is 4.99. The highest BCUT2D eigenvalue weighted by Gasteiger charge is 2.48. The van der Waals surface area contributed by atoms with Crippen molar-refractivity contribution in [3.05, 3.63) is 0 Å². The van der Waals surface area contributed by atoms with Crippen LogP contribution in [0, 0.1) is 0 Å². The van der Waals surface area contributed by atoms with E-state index >= 15 is 0 Å². The number of morpholine rings is 1. The number of hydrogen-bond acceptors (Lipinski definition) is 4. The molecule has 2 N–H and O–H groups in total. The molecule has 4 atom stereocenters. The molecule has 4 unspecified atom stereocenters. The molecule has 3 fully saturated rings. The lowest BCUT2D eigenvalue weighted by Gasteiger charge is -2.53. The van der Waals surface area contributed by atoms with Crippen molar-refractivity contribution < 1.29 is 9.47 Å². The zero-order chi connectivity index (χ0) is 13.5. The average molecular weight is 268 g/mol. The molecule has 0 amide bonds. The van der Waals surface area contributed by atoms with Crippen molar-refractivity contribution in [1.82, 2.24) is 4.90 Å². The van der Waals surface area contributed by atoms with Gasteiger partial charge in [-0.3, -0.25) is 4.90 Å². The smallest absolute Gasteiger partial charge is 0.0707 e. The first-order valence-corrected chi connectivity index (χ1v) is 7.84. The Morgan fingerprint density at radius 2 is 1.95 bits per heavy atom. The lowest BCUT2D eigenvalue weighted by molar-refractivity contribution is -0.154. The van der Waals surface area contributed by atoms with Crippen molar-refractivity contribution in [2.45, 2.75) is 69.3 Å². The number of fused-ring (bicyclic) bond motifs is 2. The van der Waals surface area contributed by atoms with E-state index < -0.39 is 0 Å². The van der Waals surface area contributed by atoms with Gasteiger partial charge in [0.15, 0.2) is 0 Å². The summed E-state index contributed by atoms with van der Waals surface area (Å²) in [6.45, 7) is 8.17. The van der Waals surface area contributed by atoms with Crippen LogP contribution in [0.3, 0.4) is 0 Å². The van der Waals surface area contributed by atoms with Gasteiger partial charge in [0.2, 0.25) is 0 Å². The van der Waals surface area contributed by atoms with Gasteiger partial charge in [-0.25, -0.2) is 0 Å². The van der Waals surface area contributed by atoms with E-state index in [4.69, 9.17) is 15.2 Å². The van der Waals surface area contributed by atoms with Crippen LogP contribution >= 0.6 is 0 Å². The third-order valence-corrected chi connectivity index (χ3v) is 5.56. The summed E-state index contributed by atoms with van der Waals surface area (Å²) < 4.78 is 12.0. The predicted molar refractivity (Wildman–Crippen MR) is 75.1 cm³/mol. The summed E-state index contributed by atoms with van der Waals surface area (Å²) in [6, 6.07) is 0. The molecule has 3 saturated heterocycles. The maximum Gasteiger partial charge on any atom is 0.0707 e. The summed E-state index contributed by atoms with van der Waals surface area (Å²) in [5.41, 5.74) is 6.35. The molecule has 0 aromatic rings. The topological polar surface area (TPSA) is 47.7 Å². The Morgan fingerprint density at radius 1 is 1.26 bits per heavy atom. The molecular formula is C15H28N2O2. The Kier molecular flexibility index (Phi) is 3.63. The third kappa shape index (κ3) is 2.44. The number of nitrogens with zero attached hydrogens (tertiary/aromatic N) is 1. The predicted octanol–water partition coefficient (Wildman–Crippen LogP) is 1.53. The lowest BCUT2D eigenvalue weighted by Crippen LogP contribution is -2.64. The molecule has 0 saturated carbocycles. The first-order valence-electron chi connectivity index (χ1n) is 7.84. The zero-order valence-electron chi connectivity index (χ0n) is 12.4. The molecule has 3 heterocycles. The summed E-state index contributed by atoms with van der Waals surface area (Å²) in [5, 5.41) is 0. The molecule has 3 rings (SSSR count). The van der Waals surface area contributed by atoms with E-state index in [1.165, 1.54) is 12.8 Å². The van der Waals surface area contributed by atoms with Crippen molar-refractivity contribution in [2.24, 2.45) is 5.73 Å². The normalized spacial score (nSPS) is 47.5. The SMILES string of the molecule is CCC1(C)CC(CN)(N2CC3CCC(C2)O3)CCO1. The van der Waals surface area contributed by atoms with Gasteiger partial charge in [0, 0.05) is 31.8 Å². The van der Waals surface area contributed by atoms with Gasteiger partial charge in [0.1, 0.15) is 0 Å². The maximum absolute atomic E-state index is 6.22. The molecular weight excluding hydrogens is 240 g/mol. The Bertz CT molecular complexity index is 326. The minimum Gasteiger partial charge on any atom is -0.375 e. The van der Waals surface area contributed by atoms with Crippen LogP contribution in [-0.4, -0.2) is 54.5 Å². The van der Waals surface area contributed by atoms with Crippen LogP contribution < -0.4 is 5.73 Å². The van der Waals surface area contributed by atoms with Crippen molar-refractivity contribution in [3.8, 4) is 0 Å². The van der Waals surface area contributed by atoms with Crippen LogP contribution in [0.5, 0.6) is 0 Å². The van der Waals surface area contributed by atoms with Crippen LogP contribution in [0.1, 0.15) is 46.0 Å². The molecule has 0 spiro atoms. The van der Waals surface area contributed by atoms with Crippen molar-refractivity contribution >= 4 is 0 Å². The van der Waals surface area contributed by atoms with Crippen molar-refractivity contribution in [3.63, 3.8) is 0 Å². The standard InChI is InChI=1S/C15H28N2O2/c1-3-14(2)10-15(11-16,6-7-18-14)17-8-12-4-5-13(9-17)19-12/h12-13H,3-11,16H2,1-2H3. The third-order valence-electron chi connectivity index (χ3n) is 5.56. The van der Waals surface area contributed by atoms with Crippen molar-refractivity contribution in [2.75, 3.05) is 26.2 Å². The Balaban J connectivity index is 1.78. The monoisotopic (exact) mass is 268 g/mol. The highest BCUT2D eigenvalue weighted by Crippen LogP contribution is 2.40. The number of ether oxygens (including phenoxy) is 2. The number of nitrogens with two attached hydrogens (primary N) is 1. The highest BCUT2D eigenvalue weighted by molar-refractivity contribution is 5.03. The molecule has 4 heteroatoms. The van der Waals surface area contributed by atoms with Crippen LogP contribution in [0.25, 0.3) is 0 Å². The zero-order valence-corrected chi connectivity index (χ0v) is 12.4. The van der Waals surface area contributed by atoms with E-state index in [2.05, 4.69) is 18.7 Å². The second-order valence-electron chi connectivity index (χ2n) is 6.87. The van der Waals surface area contributed by atoms with Crippen LogP contribution in [0.4, 0.5) is 0 Å². The highest BCUT2D eigenvalue weighted by atomic mass is 16.5. The quantitative estimate of drug-likeness (QED) is 0.843. The van der Waals surface area contributed by atoms with E-state index in [0.29, 0.717) is 12.2 Å². The first kappa shape index (κ1) is 13.8. The molecule has 2 bridgehead atoms. The van der Waals surface area contributed by atoms with Crippen molar-refractivity contribution in [1.29, 1.82) is 0 Å². The number of likely N-dealkylation sites (tertiary alicyclic amines) is 1. The van der Waals surface area contributed by atoms with Gasteiger partial charge < -0.3 is 15.2 Å². The summed E-state index contributed by atoms with van der Waals surface area (Å²) >= 11 is 0. The Morgan fingerprint density at radius 3 is 2.53 bits per heavy atom. The fraction of sp³-hybridized carbons (Fsp3) is 1.00. The van der Waals surface area contributed by atoms with Crippen LogP contribution in [0.2, 0.25) is 0 Å². The number of hydrogen-bond donors (Lipinski definition) is 1. The van der Waals surface area contributed by atoms with Crippen LogP contribution in [0.15, 0.2) is 0 Å². The molecule has 0 aliphatic carbocycles. The largest absolute Gasteiger partial charge is 0.375 e. The fourth-order valence-electron chi connectivity index (χ4n) is 4.13. The second-order valence-corrected chi connectivity index (χ2v) is 6.87. The molecule has 110 valence electrons. The lowest BCUT2D eigenvalue weighted by atomic mass is 9.77. The van der Waals surface area contributed by atoms with E-state index in [-0.39, 0.29) is 11.1 Å². The van der Waals surface area contributed by atoms with E-state index in [9.17, 15) is 0 Å². The molecule has 0 aromatic carbocycles. The minimum absolute atomic E-state index is 0.00499. The van der Waals surface area contributed by atoms with E-state index in [1.807, 2.05) is 0 Å². The molecule has 3 aliphatic heterocycles. The van der Waals surface area contributed by atoms with Gasteiger partial charge in [0.05, 0.1) is 17.8 Å². The number of rotatable bonds is 3. The van der Waals surface area contributed by atoms with Gasteiger partial charge in [0.25, 0.3) is 0 Å². The summed E-state index contributed by atoms with van der Waals surface area (Å²) in [4.78, 5) is 2.63. The first-order chi connectivity index (χ1) is 9.09. The minimum atomic E-state index is -0.00499. The molecule has 4 nitrogen and oxygen atoms in total. The van der Waals surface area contributed by atoms with Gasteiger partial charge >= 0.3 is 0 Å². The average Bonchev–Trinajstić information content (AvgIpc) is 2.77. The Labute approximate surface area is 116 Å².